The number of imidazole rings is 4. The molecule has 2 amide bonds. The number of amides is 2. The molecule has 2 fully saturated rings. The highest BCUT2D eigenvalue weighted by Crippen LogP contribution is 2.37. The van der Waals surface area contributed by atoms with E-state index in [1.807, 2.05) is 138 Å². The molecule has 5 aromatic carbocycles. The number of carbonyl (C=O) groups excluding carboxylic acids is 2. The maximum Gasteiger partial charge on any atom is 0.417 e. The van der Waals surface area contributed by atoms with Crippen LogP contribution >= 0.6 is 15.9 Å². The first-order chi connectivity index (χ1) is 67.1. The highest BCUT2D eigenvalue weighted by molar-refractivity contribution is 9.10. The van der Waals surface area contributed by atoms with Crippen LogP contribution in [0.5, 0.6) is 0 Å². The molecule has 15 heterocycles. The Labute approximate surface area is 792 Å². The third kappa shape index (κ3) is 21.6. The number of fused-ring (bicyclic) bond motifs is 4. The summed E-state index contributed by atoms with van der Waals surface area (Å²) in [5.74, 6) is 1.80. The maximum absolute atomic E-state index is 13.5. The Morgan fingerprint density at radius 3 is 0.943 bits per heavy atom. The van der Waals surface area contributed by atoms with Crippen LogP contribution in [0.4, 0.5) is 57.5 Å². The number of hydrogen-bond acceptors (Lipinski definition) is 16. The molecule has 0 bridgehead atoms. The molecule has 20 rings (SSSR count). The number of piperidine rings is 2. The number of ether oxygens (including phenoxy) is 1. The number of aromatic amines is 8. The van der Waals surface area contributed by atoms with E-state index in [0.29, 0.717) is 151 Å². The van der Waals surface area contributed by atoms with Gasteiger partial charge in [-0.1, -0.05) is 82.7 Å². The predicted octanol–water partition coefficient (Wildman–Crippen LogP) is 18.8. The van der Waals surface area contributed by atoms with Gasteiger partial charge in [0.05, 0.1) is 119 Å². The molecule has 18 aromatic rings. The molecule has 2 aliphatic rings. The summed E-state index contributed by atoms with van der Waals surface area (Å²) in [4.78, 5) is 131. The number of aryl methyl sites for hydroxylation is 2. The van der Waals surface area contributed by atoms with Crippen molar-refractivity contribution in [3.63, 3.8) is 0 Å². The number of nitrogens with one attached hydrogen (secondary N) is 8. The highest BCUT2D eigenvalue weighted by atomic mass is 79.9. The Balaban J connectivity index is 0.000000129. The molecule has 30 nitrogen and oxygen atoms in total. The topological polar surface area (TPSA) is 380 Å². The van der Waals surface area contributed by atoms with Gasteiger partial charge in [0, 0.05) is 96.5 Å². The molecule has 0 saturated carbocycles. The molecule has 8 N–H and O–H groups in total. The average molecular weight is 1990 g/mol. The minimum atomic E-state index is -4.51. The lowest BCUT2D eigenvalue weighted by atomic mass is 9.90. The Morgan fingerprint density at radius 1 is 0.364 bits per heavy atom. The zero-order valence-corrected chi connectivity index (χ0v) is 75.8. The number of hydrogen-bond donors (Lipinski definition) is 8. The van der Waals surface area contributed by atoms with E-state index in [2.05, 4.69) is 101 Å². The first-order valence-corrected chi connectivity index (χ1v) is 45.0. The third-order valence-electron chi connectivity index (χ3n) is 24.3. The number of benzene rings is 5. The molecule has 2 saturated heterocycles. The number of methoxy groups -OCH3 is 1. The maximum atomic E-state index is 13.5. The minimum Gasteiger partial charge on any atom is -0.453 e. The summed E-state index contributed by atoms with van der Waals surface area (Å²) < 4.78 is 167. The van der Waals surface area contributed by atoms with Crippen molar-refractivity contribution >= 4 is 72.1 Å². The fourth-order valence-electron chi connectivity index (χ4n) is 16.8. The van der Waals surface area contributed by atoms with Crippen molar-refractivity contribution in [1.82, 2.24) is 114 Å². The minimum absolute atomic E-state index is 0.0588. The Hall–Kier alpha value is -15.9. The number of para-hydroxylation sites is 8. The number of aromatic nitrogens is 21. The number of nitrogens with zero attached hydrogens (tertiary/aromatic N) is 15. The van der Waals surface area contributed by atoms with Gasteiger partial charge < -0.3 is 34.5 Å². The van der Waals surface area contributed by atoms with Crippen molar-refractivity contribution in [2.45, 2.75) is 109 Å². The van der Waals surface area contributed by atoms with Crippen LogP contribution in [0.3, 0.4) is 0 Å². The van der Waals surface area contributed by atoms with Crippen LogP contribution in [0.25, 0.3) is 113 Å². The number of alkyl halides is 12. The van der Waals surface area contributed by atoms with E-state index in [4.69, 9.17) is 4.74 Å². The number of H-pyrrole nitrogens is 8. The molecule has 43 heteroatoms. The molecular formula is C97H84BrF12N23O7. The number of rotatable bonds is 20. The largest absolute Gasteiger partial charge is 0.453 e. The van der Waals surface area contributed by atoms with E-state index in [9.17, 15) is 81.5 Å². The van der Waals surface area contributed by atoms with Gasteiger partial charge in [0.25, 0.3) is 22.2 Å². The van der Waals surface area contributed by atoms with Gasteiger partial charge in [0.1, 0.15) is 0 Å². The van der Waals surface area contributed by atoms with Crippen molar-refractivity contribution < 1.29 is 67.0 Å². The lowest BCUT2D eigenvalue weighted by Crippen LogP contribution is -2.38. The SMILES string of the molecule is CC(=O)N1CCC(CCc2c(-c3ccc(C(F)(F)F)cn3)[nH]n(-c3nc4ccccc4[nH]3)c2=O)CC1.COC(=O)N1CCC(CCc2c(-c3ccc(C(F)(F)F)cn3)[nH]n(-c3nc4ccccc4[nH]3)c2=O)CC1.O=c1c(CCc2ccc(Br)cc2)c(-c2ccc(C(F)(F)F)cn2)[nH]n1-c1nc2ccccc2[nH]1.O=c1c(CCc2ccccn2)c(-c2ccc(C(F)(F)F)cn2)[nH]n1-c1nc2ccccc2[nH]1. The molecule has 0 unspecified atom stereocenters. The lowest BCUT2D eigenvalue weighted by Gasteiger charge is -2.31. The van der Waals surface area contributed by atoms with Crippen LogP contribution in [-0.2, 0) is 72.8 Å². The van der Waals surface area contributed by atoms with Gasteiger partial charge in [-0.15, -0.1) is 0 Å². The van der Waals surface area contributed by atoms with Crippen molar-refractivity contribution in [1.29, 1.82) is 0 Å². The summed E-state index contributed by atoms with van der Waals surface area (Å²) in [5, 5.41) is 12.0. The second-order valence-electron chi connectivity index (χ2n) is 33.3. The van der Waals surface area contributed by atoms with E-state index < -0.39 is 47.0 Å². The first kappa shape index (κ1) is 95.9. The molecule has 13 aromatic heterocycles. The number of likely N-dealkylation sites (tertiary alicyclic amines) is 2. The summed E-state index contributed by atoms with van der Waals surface area (Å²) in [6, 6.07) is 51.4. The zero-order chi connectivity index (χ0) is 98.5. The summed E-state index contributed by atoms with van der Waals surface area (Å²) in [6.45, 7) is 4.07. The average Bonchev–Trinajstić information content (AvgIpc) is 1.63. The van der Waals surface area contributed by atoms with E-state index in [1.165, 1.54) is 50.1 Å². The number of pyridine rings is 5. The van der Waals surface area contributed by atoms with Crippen LogP contribution in [-0.4, -0.2) is 159 Å². The second-order valence-corrected chi connectivity index (χ2v) is 34.2. The van der Waals surface area contributed by atoms with Gasteiger partial charge in [-0.05, 0) is 216 Å². The normalized spacial score (nSPS) is 13.5. The van der Waals surface area contributed by atoms with Gasteiger partial charge in [-0.3, -0.25) is 69.3 Å². The molecule has 0 aliphatic carbocycles. The summed E-state index contributed by atoms with van der Waals surface area (Å²) in [6.07, 6.45) is -6.49. The van der Waals surface area contributed by atoms with Gasteiger partial charge in [0.2, 0.25) is 29.7 Å². The second kappa shape index (κ2) is 40.4. The third-order valence-corrected chi connectivity index (χ3v) is 24.9. The van der Waals surface area contributed by atoms with Crippen molar-refractivity contribution in [3.8, 4) is 69.3 Å². The van der Waals surface area contributed by atoms with E-state index in [1.54, 1.807) is 24.1 Å². The van der Waals surface area contributed by atoms with E-state index >= 15 is 0 Å². The molecule has 140 heavy (non-hydrogen) atoms. The van der Waals surface area contributed by atoms with Crippen LogP contribution in [0.2, 0.25) is 0 Å². The summed E-state index contributed by atoms with van der Waals surface area (Å²) >= 11 is 3.40. The van der Waals surface area contributed by atoms with Gasteiger partial charge in [-0.25, -0.2) is 24.7 Å². The van der Waals surface area contributed by atoms with Crippen LogP contribution < -0.4 is 22.2 Å². The highest BCUT2D eigenvalue weighted by Gasteiger charge is 2.37. The van der Waals surface area contributed by atoms with Gasteiger partial charge in [0.15, 0.2) is 0 Å². The van der Waals surface area contributed by atoms with Crippen molar-refractivity contribution in [2.75, 3.05) is 33.3 Å². The molecular weight excluding hydrogens is 1910 g/mol. The smallest absolute Gasteiger partial charge is 0.417 e. The predicted molar refractivity (Wildman–Crippen MR) is 499 cm³/mol. The van der Waals surface area contributed by atoms with Gasteiger partial charge >= 0.3 is 30.8 Å². The van der Waals surface area contributed by atoms with Crippen molar-refractivity contribution in [3.05, 3.63) is 321 Å². The van der Waals surface area contributed by atoms with E-state index in [0.717, 1.165) is 113 Å². The van der Waals surface area contributed by atoms with Crippen molar-refractivity contribution in [2.24, 2.45) is 11.8 Å². The monoisotopic (exact) mass is 1990 g/mol. The Kier molecular flexibility index (Phi) is 27.7. The number of halogens is 13. The Morgan fingerprint density at radius 2 is 0.664 bits per heavy atom. The molecule has 0 spiro atoms. The lowest BCUT2D eigenvalue weighted by molar-refractivity contribution is -0.138. The van der Waals surface area contributed by atoms with Crippen LogP contribution in [0.1, 0.15) is 101 Å². The van der Waals surface area contributed by atoms with Crippen LogP contribution in [0.15, 0.2) is 243 Å². The number of carbonyl (C=O) groups is 2. The molecule has 720 valence electrons. The fraction of sp³-hybridized carbons (Fsp3) is 0.247. The standard InChI is InChI=1S/C25H25F3N6O3.C25H25F3N6O2.C24H17BrF3N5O.C23H17F3N6O/c1-37-24(36)33-12-10-15(11-13-33)6-8-17-21(20-9-7-16(14-29-20)25(26,27)28)32-34(22(17)35)23-30-18-4-2-3-5-19(18)31-23;1-15(35)33-12-10-16(11-13-33)6-8-18-22(21-9-7-17(14-29-21)25(26,27)28)32-34(23(18)36)24-30-19-4-2-3-5-20(19)31-24;25-16-9-5-14(6-10-16)7-11-17-21(20-12-8-15(13-29-20)24(26,27)28)32-33(22(17)34)23-30-18-3-1-2-4-19(18)31-23;24-23(25,26)14-8-11-19(28-13-14)20-16(10-9-15-5-3-4-12-27-15)21(33)32(31-20)22-29-17-6-1-2-7-18(17)30-22/h2-5,7,9,14-15,32H,6,8,10-13H2,1H3,(H,30,31);2-5,7,9,14,16,32H,6,8,10-13H2,1H3,(H,30,31);1-6,8-10,12-13,32H,7,11H2,(H,30,31);1-8,11-13,31H,9-10H2,(H,29,30). The fourth-order valence-corrected chi connectivity index (χ4v) is 17.0. The van der Waals surface area contributed by atoms with E-state index in [-0.39, 0.29) is 86.7 Å². The van der Waals surface area contributed by atoms with Crippen LogP contribution in [0, 0.1) is 11.8 Å². The zero-order valence-electron chi connectivity index (χ0n) is 74.2. The Bertz CT molecular complexity index is 7570. The molecule has 0 atom stereocenters. The summed E-state index contributed by atoms with van der Waals surface area (Å²) in [7, 11) is 1.35. The quantitative estimate of drug-likeness (QED) is 0.0329. The van der Waals surface area contributed by atoms with Gasteiger partial charge in [-0.2, -0.15) is 71.4 Å². The molecule has 0 radical (unpaired) electrons. The first-order valence-electron chi connectivity index (χ1n) is 44.2. The molecule has 2 aliphatic heterocycles. The summed E-state index contributed by atoms with van der Waals surface area (Å²) in [5.41, 5.74) is 6.74.